The van der Waals surface area contributed by atoms with Crippen LogP contribution in [0, 0.1) is 13.8 Å². The van der Waals surface area contributed by atoms with Gasteiger partial charge < -0.3 is 5.73 Å². The Labute approximate surface area is 104 Å². The second kappa shape index (κ2) is 4.99. The molecule has 0 spiro atoms. The highest BCUT2D eigenvalue weighted by atomic mass is 32.2. The maximum Gasteiger partial charge on any atom is 0.154 e. The van der Waals surface area contributed by atoms with Crippen LogP contribution < -0.4 is 5.73 Å². The van der Waals surface area contributed by atoms with E-state index in [1.807, 2.05) is 6.92 Å². The molecule has 0 saturated heterocycles. The lowest BCUT2D eigenvalue weighted by Crippen LogP contribution is -1.98. The molecule has 2 nitrogen and oxygen atoms in total. The summed E-state index contributed by atoms with van der Waals surface area (Å²) < 4.78 is 1.09. The lowest BCUT2D eigenvalue weighted by molar-refractivity contribution is 1.04. The molecule has 0 aliphatic carbocycles. The first-order chi connectivity index (χ1) is 7.69. The van der Waals surface area contributed by atoms with E-state index in [4.69, 9.17) is 5.73 Å². The summed E-state index contributed by atoms with van der Waals surface area (Å²) in [6.07, 6.45) is 0. The van der Waals surface area contributed by atoms with Crippen molar-refractivity contribution in [1.29, 1.82) is 0 Å². The Kier molecular flexibility index (Phi) is 3.63. The molecule has 0 aliphatic heterocycles. The first kappa shape index (κ1) is 11.6. The van der Waals surface area contributed by atoms with E-state index >= 15 is 0 Å². The molecule has 2 rings (SSSR count). The van der Waals surface area contributed by atoms with Crippen molar-refractivity contribution in [2.24, 2.45) is 5.73 Å². The smallest absolute Gasteiger partial charge is 0.154 e. The molecule has 84 valence electrons. The monoisotopic (exact) mass is 250 g/mol. The number of aryl methyl sites for hydroxylation is 2. The van der Waals surface area contributed by atoms with Crippen molar-refractivity contribution < 1.29 is 0 Å². The van der Waals surface area contributed by atoms with Crippen LogP contribution in [0.5, 0.6) is 0 Å². The van der Waals surface area contributed by atoms with E-state index in [9.17, 15) is 0 Å². The number of rotatable bonds is 3. The van der Waals surface area contributed by atoms with Crippen LogP contribution in [-0.2, 0) is 6.54 Å². The maximum absolute atomic E-state index is 5.64. The van der Waals surface area contributed by atoms with Gasteiger partial charge in [0.2, 0.25) is 0 Å². The van der Waals surface area contributed by atoms with Gasteiger partial charge in [0.25, 0.3) is 0 Å². The third-order valence-corrected chi connectivity index (χ3v) is 4.38. The van der Waals surface area contributed by atoms with E-state index in [1.54, 1.807) is 23.1 Å². The van der Waals surface area contributed by atoms with Crippen LogP contribution in [0.2, 0.25) is 0 Å². The van der Waals surface area contributed by atoms with Crippen molar-refractivity contribution in [1.82, 2.24) is 4.98 Å². The van der Waals surface area contributed by atoms with E-state index in [1.165, 1.54) is 16.0 Å². The summed E-state index contributed by atoms with van der Waals surface area (Å²) in [6.45, 7) is 4.72. The van der Waals surface area contributed by atoms with Crippen LogP contribution in [0.3, 0.4) is 0 Å². The molecule has 0 radical (unpaired) electrons. The van der Waals surface area contributed by atoms with Gasteiger partial charge in [-0.3, -0.25) is 0 Å². The summed E-state index contributed by atoms with van der Waals surface area (Å²) in [4.78, 5) is 5.66. The highest BCUT2D eigenvalue weighted by Gasteiger charge is 2.03. The van der Waals surface area contributed by atoms with Crippen LogP contribution >= 0.6 is 23.1 Å². The topological polar surface area (TPSA) is 38.9 Å². The first-order valence-electron chi connectivity index (χ1n) is 5.08. The molecule has 1 aromatic carbocycles. The van der Waals surface area contributed by atoms with E-state index in [2.05, 4.69) is 35.5 Å². The van der Waals surface area contributed by atoms with Crippen molar-refractivity contribution in [3.05, 3.63) is 40.4 Å². The van der Waals surface area contributed by atoms with Gasteiger partial charge in [0.15, 0.2) is 4.34 Å². The Balaban J connectivity index is 2.19. The van der Waals surface area contributed by atoms with Gasteiger partial charge in [-0.2, -0.15) is 0 Å². The molecular weight excluding hydrogens is 236 g/mol. The third-order valence-electron chi connectivity index (χ3n) is 2.34. The molecule has 0 bridgehead atoms. The highest BCUT2D eigenvalue weighted by Crippen LogP contribution is 2.31. The Morgan fingerprint density at radius 1 is 1.38 bits per heavy atom. The lowest BCUT2D eigenvalue weighted by Gasteiger charge is -2.04. The lowest BCUT2D eigenvalue weighted by atomic mass is 10.1. The molecule has 0 saturated carbocycles. The van der Waals surface area contributed by atoms with Crippen LogP contribution in [-0.4, -0.2) is 4.98 Å². The second-order valence-electron chi connectivity index (χ2n) is 3.65. The fourth-order valence-corrected chi connectivity index (χ4v) is 3.35. The van der Waals surface area contributed by atoms with Crippen molar-refractivity contribution in [3.63, 3.8) is 0 Å². The van der Waals surface area contributed by atoms with Gasteiger partial charge >= 0.3 is 0 Å². The summed E-state index contributed by atoms with van der Waals surface area (Å²) in [6, 6.07) is 6.37. The number of hydrogen-bond donors (Lipinski definition) is 1. The minimum absolute atomic E-state index is 0.604. The number of aromatic nitrogens is 1. The van der Waals surface area contributed by atoms with E-state index in [-0.39, 0.29) is 0 Å². The molecule has 2 N–H and O–H groups in total. The number of nitrogens with two attached hydrogens (primary N) is 1. The summed E-state index contributed by atoms with van der Waals surface area (Å²) in [5.74, 6) is 0. The van der Waals surface area contributed by atoms with Crippen LogP contribution in [0.1, 0.15) is 16.8 Å². The van der Waals surface area contributed by atoms with Crippen LogP contribution in [0.25, 0.3) is 0 Å². The van der Waals surface area contributed by atoms with E-state index in [0.717, 1.165) is 10.0 Å². The van der Waals surface area contributed by atoms with Crippen molar-refractivity contribution in [2.45, 2.75) is 29.6 Å². The average Bonchev–Trinajstić information content (AvgIpc) is 2.64. The standard InChI is InChI=1S/C12H14N2S2/c1-8-5-11(4-3-10(8)6-13)16-12-14-9(2)7-15-12/h3-5,7H,6,13H2,1-2H3. The maximum atomic E-state index is 5.64. The molecule has 4 heteroatoms. The Bertz CT molecular complexity index is 492. The molecule has 2 aromatic rings. The summed E-state index contributed by atoms with van der Waals surface area (Å²) >= 11 is 3.40. The molecule has 0 fully saturated rings. The zero-order valence-corrected chi connectivity index (χ0v) is 11.0. The molecule has 0 aliphatic rings. The molecule has 16 heavy (non-hydrogen) atoms. The second-order valence-corrected chi connectivity index (χ2v) is 5.83. The van der Waals surface area contributed by atoms with Gasteiger partial charge in [0.1, 0.15) is 0 Å². The van der Waals surface area contributed by atoms with Gasteiger partial charge in [-0.05, 0) is 37.1 Å². The van der Waals surface area contributed by atoms with Gasteiger partial charge in [-0.25, -0.2) is 4.98 Å². The molecular formula is C12H14N2S2. The molecule has 0 unspecified atom stereocenters. The van der Waals surface area contributed by atoms with Gasteiger partial charge in [-0.15, -0.1) is 11.3 Å². The van der Waals surface area contributed by atoms with Gasteiger partial charge in [0, 0.05) is 22.5 Å². The minimum atomic E-state index is 0.604. The van der Waals surface area contributed by atoms with E-state index < -0.39 is 0 Å². The third kappa shape index (κ3) is 2.64. The number of benzene rings is 1. The van der Waals surface area contributed by atoms with Crippen molar-refractivity contribution in [3.8, 4) is 0 Å². The average molecular weight is 250 g/mol. The molecule has 0 amide bonds. The quantitative estimate of drug-likeness (QED) is 0.907. The summed E-state index contributed by atoms with van der Waals surface area (Å²) in [5.41, 5.74) is 9.18. The zero-order valence-electron chi connectivity index (χ0n) is 9.36. The molecule has 1 aromatic heterocycles. The van der Waals surface area contributed by atoms with Gasteiger partial charge in [0.05, 0.1) is 0 Å². The largest absolute Gasteiger partial charge is 0.326 e. The normalized spacial score (nSPS) is 10.7. The Hall–Kier alpha value is -0.840. The molecule has 0 atom stereocenters. The van der Waals surface area contributed by atoms with Crippen molar-refractivity contribution in [2.75, 3.05) is 0 Å². The van der Waals surface area contributed by atoms with Crippen LogP contribution in [0.15, 0.2) is 32.8 Å². The summed E-state index contributed by atoms with van der Waals surface area (Å²) in [7, 11) is 0. The SMILES string of the molecule is Cc1csc(Sc2ccc(CN)c(C)c2)n1. The Morgan fingerprint density at radius 2 is 2.19 bits per heavy atom. The minimum Gasteiger partial charge on any atom is -0.326 e. The highest BCUT2D eigenvalue weighted by molar-refractivity contribution is 8.01. The van der Waals surface area contributed by atoms with Gasteiger partial charge in [-0.1, -0.05) is 17.8 Å². The number of nitrogens with zero attached hydrogens (tertiary/aromatic N) is 1. The van der Waals surface area contributed by atoms with Crippen molar-refractivity contribution >= 4 is 23.1 Å². The fourth-order valence-electron chi connectivity index (χ4n) is 1.44. The first-order valence-corrected chi connectivity index (χ1v) is 6.78. The predicted octanol–water partition coefficient (Wildman–Crippen LogP) is 3.37. The fraction of sp³-hybridized carbons (Fsp3) is 0.250. The number of hydrogen-bond acceptors (Lipinski definition) is 4. The zero-order chi connectivity index (χ0) is 11.5. The molecule has 1 heterocycles. The Morgan fingerprint density at radius 3 is 2.75 bits per heavy atom. The number of thiazole rings is 1. The van der Waals surface area contributed by atoms with Crippen LogP contribution in [0.4, 0.5) is 0 Å². The summed E-state index contributed by atoms with van der Waals surface area (Å²) in [5, 5.41) is 2.07. The predicted molar refractivity (Wildman–Crippen MR) is 70.0 cm³/mol. The van der Waals surface area contributed by atoms with E-state index in [0.29, 0.717) is 6.54 Å².